The number of carbonyl (C=O) groups is 2. The molecule has 3 rings (SSSR count). The summed E-state index contributed by atoms with van der Waals surface area (Å²) in [6, 6.07) is 9.12. The van der Waals surface area contributed by atoms with Crippen molar-refractivity contribution >= 4 is 23.6 Å². The second-order valence-electron chi connectivity index (χ2n) is 4.57. The molecule has 0 radical (unpaired) electrons. The Bertz CT molecular complexity index is 477. The fraction of sp³-hybridized carbons (Fsp3) is 0.385. The van der Waals surface area contributed by atoms with Gasteiger partial charge in [0.2, 0.25) is 11.8 Å². The topological polar surface area (TPSA) is 49.4 Å². The minimum absolute atomic E-state index is 0.0134. The predicted octanol–water partition coefficient (Wildman–Crippen LogP) is 0.629. The van der Waals surface area contributed by atoms with Gasteiger partial charge in [0.25, 0.3) is 0 Å². The van der Waals surface area contributed by atoms with Crippen molar-refractivity contribution in [3.8, 4) is 0 Å². The Morgan fingerprint density at radius 1 is 1.28 bits per heavy atom. The number of fused-ring (bicyclic) bond motifs is 1. The maximum absolute atomic E-state index is 12.3. The molecule has 1 aromatic carbocycles. The van der Waals surface area contributed by atoms with E-state index in [0.717, 1.165) is 11.3 Å². The van der Waals surface area contributed by atoms with Gasteiger partial charge in [-0.1, -0.05) is 30.3 Å². The molecule has 1 aromatic rings. The van der Waals surface area contributed by atoms with Crippen LogP contribution >= 0.6 is 11.8 Å². The fourth-order valence-electron chi connectivity index (χ4n) is 2.40. The second-order valence-corrected chi connectivity index (χ2v) is 5.57. The molecule has 5 heteroatoms. The molecule has 0 aromatic heterocycles. The number of carbonyl (C=O) groups excluding carboxylic acids is 2. The van der Waals surface area contributed by atoms with E-state index in [-0.39, 0.29) is 17.9 Å². The van der Waals surface area contributed by atoms with Crippen molar-refractivity contribution in [1.82, 2.24) is 10.2 Å². The SMILES string of the molecule is O=C1N[C@@H](Cc2ccccc2)C(=O)N2CSC[C@H]12. The summed E-state index contributed by atoms with van der Waals surface area (Å²) in [5, 5.41) is 2.84. The lowest BCUT2D eigenvalue weighted by atomic mass is 10.0. The van der Waals surface area contributed by atoms with Crippen LogP contribution in [0.5, 0.6) is 0 Å². The summed E-state index contributed by atoms with van der Waals surface area (Å²) in [5.74, 6) is 1.40. The van der Waals surface area contributed by atoms with Crippen LogP contribution in [0.1, 0.15) is 5.56 Å². The second kappa shape index (κ2) is 4.65. The third kappa shape index (κ3) is 1.99. The molecule has 0 saturated carbocycles. The van der Waals surface area contributed by atoms with Gasteiger partial charge < -0.3 is 10.2 Å². The van der Waals surface area contributed by atoms with Gasteiger partial charge in [0.05, 0.1) is 5.88 Å². The Labute approximate surface area is 110 Å². The van der Waals surface area contributed by atoms with Crippen LogP contribution in [0.3, 0.4) is 0 Å². The Morgan fingerprint density at radius 2 is 2.06 bits per heavy atom. The average Bonchev–Trinajstić information content (AvgIpc) is 2.87. The monoisotopic (exact) mass is 262 g/mol. The highest BCUT2D eigenvalue weighted by Crippen LogP contribution is 2.25. The smallest absolute Gasteiger partial charge is 0.246 e. The molecule has 18 heavy (non-hydrogen) atoms. The number of nitrogens with zero attached hydrogens (tertiary/aromatic N) is 1. The van der Waals surface area contributed by atoms with E-state index in [9.17, 15) is 9.59 Å². The standard InChI is InChI=1S/C13H14N2O2S/c16-12-11-7-18-8-15(11)13(17)10(14-12)6-9-4-2-1-3-5-9/h1-5,10-11H,6-8H2,(H,14,16)/t10-,11+/m0/s1. The number of piperazine rings is 1. The van der Waals surface area contributed by atoms with Crippen LogP contribution in [0.2, 0.25) is 0 Å². The third-order valence-corrected chi connectivity index (χ3v) is 4.38. The molecule has 0 aliphatic carbocycles. The lowest BCUT2D eigenvalue weighted by Crippen LogP contribution is -2.62. The zero-order valence-electron chi connectivity index (χ0n) is 9.83. The van der Waals surface area contributed by atoms with Crippen molar-refractivity contribution in [2.24, 2.45) is 0 Å². The lowest BCUT2D eigenvalue weighted by molar-refractivity contribution is -0.146. The maximum atomic E-state index is 12.3. The molecular formula is C13H14N2O2S. The summed E-state index contributed by atoms with van der Waals surface area (Å²) in [6.45, 7) is 0. The maximum Gasteiger partial charge on any atom is 0.246 e. The van der Waals surface area contributed by atoms with E-state index in [0.29, 0.717) is 12.3 Å². The van der Waals surface area contributed by atoms with Crippen molar-refractivity contribution in [2.75, 3.05) is 11.6 Å². The van der Waals surface area contributed by atoms with Gasteiger partial charge in [-0.05, 0) is 5.56 Å². The first-order chi connectivity index (χ1) is 8.75. The molecule has 4 nitrogen and oxygen atoms in total. The highest BCUT2D eigenvalue weighted by Gasteiger charge is 2.43. The molecule has 2 aliphatic rings. The summed E-state index contributed by atoms with van der Waals surface area (Å²) in [5.41, 5.74) is 1.07. The molecule has 0 unspecified atom stereocenters. The first kappa shape index (κ1) is 11.6. The van der Waals surface area contributed by atoms with E-state index in [1.54, 1.807) is 16.7 Å². The molecule has 2 amide bonds. The number of benzene rings is 1. The van der Waals surface area contributed by atoms with Crippen molar-refractivity contribution in [1.29, 1.82) is 0 Å². The van der Waals surface area contributed by atoms with Gasteiger partial charge in [-0.3, -0.25) is 9.59 Å². The highest BCUT2D eigenvalue weighted by molar-refractivity contribution is 7.99. The fourth-order valence-corrected chi connectivity index (χ4v) is 3.56. The molecule has 94 valence electrons. The third-order valence-electron chi connectivity index (χ3n) is 3.37. The van der Waals surface area contributed by atoms with Crippen LogP contribution in [0, 0.1) is 0 Å². The number of hydrogen-bond donors (Lipinski definition) is 1. The van der Waals surface area contributed by atoms with Crippen LogP contribution < -0.4 is 5.32 Å². The van der Waals surface area contributed by atoms with E-state index in [1.165, 1.54) is 0 Å². The minimum Gasteiger partial charge on any atom is -0.342 e. The summed E-state index contributed by atoms with van der Waals surface area (Å²) in [7, 11) is 0. The summed E-state index contributed by atoms with van der Waals surface area (Å²) < 4.78 is 0. The van der Waals surface area contributed by atoms with Gasteiger partial charge in [-0.25, -0.2) is 0 Å². The number of amides is 2. The van der Waals surface area contributed by atoms with Crippen molar-refractivity contribution < 1.29 is 9.59 Å². The Balaban J connectivity index is 1.77. The summed E-state index contributed by atoms with van der Waals surface area (Å²) in [6.07, 6.45) is 0.569. The summed E-state index contributed by atoms with van der Waals surface area (Å²) in [4.78, 5) is 25.9. The van der Waals surface area contributed by atoms with E-state index in [4.69, 9.17) is 0 Å². The van der Waals surface area contributed by atoms with Crippen LogP contribution in [0.15, 0.2) is 30.3 Å². The lowest BCUT2D eigenvalue weighted by Gasteiger charge is -2.34. The first-order valence-electron chi connectivity index (χ1n) is 5.98. The molecule has 2 aliphatic heterocycles. The largest absolute Gasteiger partial charge is 0.342 e. The van der Waals surface area contributed by atoms with Crippen molar-refractivity contribution in [3.05, 3.63) is 35.9 Å². The van der Waals surface area contributed by atoms with E-state index in [2.05, 4.69) is 5.32 Å². The average molecular weight is 262 g/mol. The van der Waals surface area contributed by atoms with Gasteiger partial charge in [0.15, 0.2) is 0 Å². The molecule has 0 bridgehead atoms. The molecule has 1 N–H and O–H groups in total. The highest BCUT2D eigenvalue weighted by atomic mass is 32.2. The quantitative estimate of drug-likeness (QED) is 0.850. The van der Waals surface area contributed by atoms with Gasteiger partial charge in [0.1, 0.15) is 12.1 Å². The van der Waals surface area contributed by atoms with Gasteiger partial charge in [-0.2, -0.15) is 0 Å². The van der Waals surface area contributed by atoms with Crippen molar-refractivity contribution in [3.63, 3.8) is 0 Å². The van der Waals surface area contributed by atoms with E-state index >= 15 is 0 Å². The van der Waals surface area contributed by atoms with Gasteiger partial charge in [-0.15, -0.1) is 11.8 Å². The molecule has 0 spiro atoms. The normalized spacial score (nSPS) is 27.0. The van der Waals surface area contributed by atoms with Crippen LogP contribution in [0.25, 0.3) is 0 Å². The number of thioether (sulfide) groups is 1. The Kier molecular flexibility index (Phi) is 2.99. The Morgan fingerprint density at radius 3 is 2.83 bits per heavy atom. The number of rotatable bonds is 2. The van der Waals surface area contributed by atoms with Crippen LogP contribution in [0.4, 0.5) is 0 Å². The van der Waals surface area contributed by atoms with Crippen LogP contribution in [-0.2, 0) is 16.0 Å². The minimum atomic E-state index is -0.408. The molecular weight excluding hydrogens is 248 g/mol. The molecule has 2 heterocycles. The molecule has 2 saturated heterocycles. The van der Waals surface area contributed by atoms with E-state index < -0.39 is 6.04 Å². The molecule has 2 atom stereocenters. The summed E-state index contributed by atoms with van der Waals surface area (Å²) >= 11 is 1.64. The van der Waals surface area contributed by atoms with E-state index in [1.807, 2.05) is 30.3 Å². The van der Waals surface area contributed by atoms with Gasteiger partial charge in [0, 0.05) is 12.2 Å². The Hall–Kier alpha value is -1.49. The predicted molar refractivity (Wildman–Crippen MR) is 70.0 cm³/mol. The first-order valence-corrected chi connectivity index (χ1v) is 7.14. The molecule has 2 fully saturated rings. The van der Waals surface area contributed by atoms with Crippen molar-refractivity contribution in [2.45, 2.75) is 18.5 Å². The van der Waals surface area contributed by atoms with Gasteiger partial charge >= 0.3 is 0 Å². The zero-order valence-corrected chi connectivity index (χ0v) is 10.7. The zero-order chi connectivity index (χ0) is 12.5. The number of nitrogens with one attached hydrogen (secondary N) is 1. The van der Waals surface area contributed by atoms with Crippen LogP contribution in [-0.4, -0.2) is 40.4 Å². The number of hydrogen-bond acceptors (Lipinski definition) is 3.